The van der Waals surface area contributed by atoms with Gasteiger partial charge in [0.2, 0.25) is 0 Å². The molecule has 2 aliphatic rings. The summed E-state index contributed by atoms with van der Waals surface area (Å²) >= 11 is 0. The number of likely N-dealkylation sites (N-methyl/N-ethyl adjacent to an activating group) is 1. The molecule has 1 aromatic rings. The molecule has 2 aliphatic heterocycles. The smallest absolute Gasteiger partial charge is 0.0776 e. The second kappa shape index (κ2) is 5.45. The summed E-state index contributed by atoms with van der Waals surface area (Å²) in [6.45, 7) is 3.68. The molecule has 0 saturated carbocycles. The van der Waals surface area contributed by atoms with E-state index in [4.69, 9.17) is 4.74 Å². The zero-order valence-corrected chi connectivity index (χ0v) is 11.3. The Labute approximate surface area is 113 Å². The van der Waals surface area contributed by atoms with Gasteiger partial charge in [0.05, 0.1) is 43.3 Å². The van der Waals surface area contributed by atoms with Gasteiger partial charge in [0.1, 0.15) is 0 Å². The minimum absolute atomic E-state index is 0.159. The Balaban J connectivity index is 1.89. The van der Waals surface area contributed by atoms with Gasteiger partial charge in [-0.3, -0.25) is 9.88 Å². The number of hydrogen-bond acceptors (Lipinski definition) is 5. The van der Waals surface area contributed by atoms with Crippen LogP contribution in [0.5, 0.6) is 0 Å². The van der Waals surface area contributed by atoms with Crippen molar-refractivity contribution in [2.24, 2.45) is 0 Å². The first-order valence-corrected chi connectivity index (χ1v) is 6.89. The van der Waals surface area contributed by atoms with Crippen molar-refractivity contribution in [3.8, 4) is 0 Å². The predicted octanol–water partition coefficient (Wildman–Crippen LogP) is 0.483. The van der Waals surface area contributed by atoms with Gasteiger partial charge >= 0.3 is 0 Å². The Morgan fingerprint density at radius 3 is 3.00 bits per heavy atom. The number of nitrogens with zero attached hydrogens (tertiary/aromatic N) is 3. The molecule has 1 atom stereocenters. The maximum atomic E-state index is 9.59. The molecule has 0 aromatic carbocycles. The van der Waals surface area contributed by atoms with Crippen LogP contribution < -0.4 is 4.90 Å². The number of aliphatic hydroxyl groups excluding tert-OH is 1. The highest BCUT2D eigenvalue weighted by Crippen LogP contribution is 2.26. The molecule has 5 nitrogen and oxygen atoms in total. The number of aliphatic hydroxyl groups is 1. The molecule has 19 heavy (non-hydrogen) atoms. The SMILES string of the molecule is CN1c2cccnc2CN(C2COC2)CCC1CO. The quantitative estimate of drug-likeness (QED) is 0.841. The van der Waals surface area contributed by atoms with E-state index in [1.807, 2.05) is 19.3 Å². The fraction of sp³-hybridized carbons (Fsp3) is 0.643. The van der Waals surface area contributed by atoms with Crippen LogP contribution in [-0.2, 0) is 11.3 Å². The van der Waals surface area contributed by atoms with Gasteiger partial charge in [0, 0.05) is 26.3 Å². The highest BCUT2D eigenvalue weighted by atomic mass is 16.5. The Bertz CT molecular complexity index is 436. The van der Waals surface area contributed by atoms with Crippen molar-refractivity contribution in [2.45, 2.75) is 25.0 Å². The summed E-state index contributed by atoms with van der Waals surface area (Å²) in [6.07, 6.45) is 2.81. The van der Waals surface area contributed by atoms with E-state index < -0.39 is 0 Å². The third-order valence-corrected chi connectivity index (χ3v) is 4.24. The van der Waals surface area contributed by atoms with Crippen LogP contribution in [0.15, 0.2) is 18.3 Å². The molecule has 0 radical (unpaired) electrons. The summed E-state index contributed by atoms with van der Waals surface area (Å²) in [5.41, 5.74) is 2.22. The number of anilines is 1. The Morgan fingerprint density at radius 1 is 1.47 bits per heavy atom. The lowest BCUT2D eigenvalue weighted by molar-refractivity contribution is -0.0696. The molecule has 1 saturated heterocycles. The van der Waals surface area contributed by atoms with Gasteiger partial charge in [-0.15, -0.1) is 0 Å². The molecule has 3 rings (SSSR count). The summed E-state index contributed by atoms with van der Waals surface area (Å²) < 4.78 is 5.30. The van der Waals surface area contributed by atoms with Gasteiger partial charge in [-0.2, -0.15) is 0 Å². The van der Waals surface area contributed by atoms with Crippen LogP contribution in [0, 0.1) is 0 Å². The second-order valence-electron chi connectivity index (χ2n) is 5.37. The van der Waals surface area contributed by atoms with Crippen LogP contribution in [0.4, 0.5) is 5.69 Å². The molecule has 1 unspecified atom stereocenters. The molecule has 0 amide bonds. The largest absolute Gasteiger partial charge is 0.394 e. The van der Waals surface area contributed by atoms with E-state index in [-0.39, 0.29) is 12.6 Å². The van der Waals surface area contributed by atoms with E-state index in [0.717, 1.165) is 44.1 Å². The molecule has 1 N–H and O–H groups in total. The first-order valence-electron chi connectivity index (χ1n) is 6.89. The lowest BCUT2D eigenvalue weighted by Gasteiger charge is -2.41. The molecule has 1 fully saturated rings. The standard InChI is InChI=1S/C14H21N3O2/c1-16-11(8-18)4-6-17(12-9-19-10-12)7-13-14(16)3-2-5-15-13/h2-3,5,11-12,18H,4,6-10H2,1H3. The van der Waals surface area contributed by atoms with E-state index in [1.165, 1.54) is 0 Å². The van der Waals surface area contributed by atoms with Gasteiger partial charge in [-0.05, 0) is 18.6 Å². The first-order chi connectivity index (χ1) is 9.29. The number of ether oxygens (including phenoxy) is 1. The van der Waals surface area contributed by atoms with Crippen molar-refractivity contribution in [3.63, 3.8) is 0 Å². The molecule has 3 heterocycles. The van der Waals surface area contributed by atoms with E-state index in [0.29, 0.717) is 6.04 Å². The van der Waals surface area contributed by atoms with Gasteiger partial charge in [0.25, 0.3) is 0 Å². The van der Waals surface area contributed by atoms with E-state index in [1.54, 1.807) is 0 Å². The number of aromatic nitrogens is 1. The normalized spacial score (nSPS) is 25.4. The summed E-state index contributed by atoms with van der Waals surface area (Å²) in [5, 5.41) is 9.59. The fourth-order valence-electron chi connectivity index (χ4n) is 2.81. The van der Waals surface area contributed by atoms with Crippen LogP contribution >= 0.6 is 0 Å². The van der Waals surface area contributed by atoms with Gasteiger partial charge in [-0.1, -0.05) is 0 Å². The lowest BCUT2D eigenvalue weighted by Crippen LogP contribution is -2.51. The van der Waals surface area contributed by atoms with Crippen molar-refractivity contribution in [2.75, 3.05) is 38.3 Å². The summed E-state index contributed by atoms with van der Waals surface area (Å²) in [5.74, 6) is 0. The topological polar surface area (TPSA) is 48.8 Å². The van der Waals surface area contributed by atoms with Crippen molar-refractivity contribution in [1.82, 2.24) is 9.88 Å². The fourth-order valence-corrected chi connectivity index (χ4v) is 2.81. The number of pyridine rings is 1. The third kappa shape index (κ3) is 2.45. The molecule has 0 aliphatic carbocycles. The number of fused-ring (bicyclic) bond motifs is 1. The zero-order chi connectivity index (χ0) is 13.2. The van der Waals surface area contributed by atoms with Gasteiger partial charge in [0.15, 0.2) is 0 Å². The second-order valence-corrected chi connectivity index (χ2v) is 5.37. The molecule has 0 bridgehead atoms. The lowest BCUT2D eigenvalue weighted by atomic mass is 10.1. The van der Waals surface area contributed by atoms with Crippen LogP contribution in [0.25, 0.3) is 0 Å². The minimum Gasteiger partial charge on any atom is -0.394 e. The summed E-state index contributed by atoms with van der Waals surface area (Å²) in [6, 6.07) is 4.72. The molecule has 1 aromatic heterocycles. The molecule has 104 valence electrons. The van der Waals surface area contributed by atoms with Crippen molar-refractivity contribution in [3.05, 3.63) is 24.0 Å². The van der Waals surface area contributed by atoms with Gasteiger partial charge < -0.3 is 14.7 Å². The van der Waals surface area contributed by atoms with E-state index in [2.05, 4.69) is 20.9 Å². The predicted molar refractivity (Wildman–Crippen MR) is 73.1 cm³/mol. The van der Waals surface area contributed by atoms with Crippen molar-refractivity contribution in [1.29, 1.82) is 0 Å². The van der Waals surface area contributed by atoms with Crippen LogP contribution in [0.1, 0.15) is 12.1 Å². The van der Waals surface area contributed by atoms with E-state index >= 15 is 0 Å². The third-order valence-electron chi connectivity index (χ3n) is 4.24. The molecular weight excluding hydrogens is 242 g/mol. The number of rotatable bonds is 2. The Morgan fingerprint density at radius 2 is 2.32 bits per heavy atom. The highest BCUT2D eigenvalue weighted by molar-refractivity contribution is 5.51. The Hall–Kier alpha value is -1.17. The summed E-state index contributed by atoms with van der Waals surface area (Å²) in [7, 11) is 2.05. The van der Waals surface area contributed by atoms with Crippen molar-refractivity contribution < 1.29 is 9.84 Å². The molecule has 0 spiro atoms. The molecule has 5 heteroatoms. The first kappa shape index (κ1) is 12.8. The maximum Gasteiger partial charge on any atom is 0.0776 e. The zero-order valence-electron chi connectivity index (χ0n) is 11.3. The summed E-state index contributed by atoms with van der Waals surface area (Å²) in [4.78, 5) is 9.12. The number of hydrogen-bond donors (Lipinski definition) is 1. The van der Waals surface area contributed by atoms with Crippen LogP contribution in [0.2, 0.25) is 0 Å². The molecular formula is C14H21N3O2. The van der Waals surface area contributed by atoms with Crippen LogP contribution in [-0.4, -0.2) is 60.5 Å². The van der Waals surface area contributed by atoms with Crippen LogP contribution in [0.3, 0.4) is 0 Å². The monoisotopic (exact) mass is 263 g/mol. The Kier molecular flexibility index (Phi) is 3.68. The average molecular weight is 263 g/mol. The minimum atomic E-state index is 0.159. The maximum absolute atomic E-state index is 9.59. The van der Waals surface area contributed by atoms with Gasteiger partial charge in [-0.25, -0.2) is 0 Å². The highest BCUT2D eigenvalue weighted by Gasteiger charge is 2.30. The van der Waals surface area contributed by atoms with Crippen molar-refractivity contribution >= 4 is 5.69 Å². The van der Waals surface area contributed by atoms with E-state index in [9.17, 15) is 5.11 Å². The average Bonchev–Trinajstić information content (AvgIpc) is 2.36.